The van der Waals surface area contributed by atoms with Gasteiger partial charge in [0.2, 0.25) is 15.8 Å². The third-order valence-corrected chi connectivity index (χ3v) is 6.63. The summed E-state index contributed by atoms with van der Waals surface area (Å²) < 4.78 is 32.7. The van der Waals surface area contributed by atoms with Crippen molar-refractivity contribution in [3.05, 3.63) is 29.8 Å². The molecule has 184 valence electrons. The average Bonchev–Trinajstić information content (AvgIpc) is 2.64. The number of benzene rings is 1. The van der Waals surface area contributed by atoms with Gasteiger partial charge in [-0.2, -0.15) is 5.01 Å². The minimum absolute atomic E-state index is 0.0595. The lowest BCUT2D eigenvalue weighted by atomic mass is 10.1. The number of hydrogen-bond donors (Lipinski definition) is 7. The smallest absolute Gasteiger partial charge is 0.431 e. The van der Waals surface area contributed by atoms with Gasteiger partial charge in [0.05, 0.1) is 4.90 Å². The molecule has 1 aromatic rings. The summed E-state index contributed by atoms with van der Waals surface area (Å²) in [6.07, 6.45) is -2.16. The zero-order valence-electron chi connectivity index (χ0n) is 18.9. The Morgan fingerprint density at radius 2 is 1.67 bits per heavy atom. The molecule has 13 nitrogen and oxygen atoms in total. The van der Waals surface area contributed by atoms with E-state index in [1.165, 1.54) is 45.0 Å². The number of sulfone groups is 1. The minimum Gasteiger partial charge on any atom is -0.479 e. The molecule has 0 aliphatic rings. The van der Waals surface area contributed by atoms with Crippen LogP contribution < -0.4 is 22.2 Å². The van der Waals surface area contributed by atoms with Gasteiger partial charge in [-0.15, -0.1) is 0 Å². The number of nitrogens with one attached hydrogen (secondary N) is 4. The first kappa shape index (κ1) is 27.5. The Bertz CT molecular complexity index is 1000. The van der Waals surface area contributed by atoms with Gasteiger partial charge in [0.1, 0.15) is 5.60 Å². The van der Waals surface area contributed by atoms with Crippen LogP contribution in [0.3, 0.4) is 0 Å². The lowest BCUT2D eigenvalue weighted by molar-refractivity contribution is -0.147. The number of carbonyl (C=O) groups is 2. The number of aliphatic carboxylic acids is 1. The summed E-state index contributed by atoms with van der Waals surface area (Å²) in [6.45, 7) is 6.17. The standard InChI is InChI=1S/C19H31N7O6S/c1-12-6-8-13(9-7-12)33(30,31)19(14(27)28,10-5-11-24-15(20)21)26(25-16(22)23)17(29)32-18(2,3)4/h6-9H,5,10-11H2,1-4H3,(H,27,28)(H4,20,21,24)(H4,22,23,25)/t19-/m1/s1. The molecule has 1 atom stereocenters. The summed E-state index contributed by atoms with van der Waals surface area (Å²) >= 11 is 0. The summed E-state index contributed by atoms with van der Waals surface area (Å²) in [7, 11) is -4.83. The van der Waals surface area contributed by atoms with Gasteiger partial charge in [0, 0.05) is 13.0 Å². The molecule has 0 bridgehead atoms. The van der Waals surface area contributed by atoms with Crippen molar-refractivity contribution in [3.63, 3.8) is 0 Å². The Hall–Kier alpha value is -3.55. The molecule has 1 amide bonds. The van der Waals surface area contributed by atoms with E-state index in [0.29, 0.717) is 0 Å². The van der Waals surface area contributed by atoms with Gasteiger partial charge < -0.3 is 26.6 Å². The number of carbonyl (C=O) groups excluding carboxylic acids is 1. The van der Waals surface area contributed by atoms with Crippen LogP contribution in [0.15, 0.2) is 29.2 Å². The molecule has 14 heteroatoms. The fourth-order valence-electron chi connectivity index (χ4n) is 2.86. The molecule has 1 rings (SSSR count). The number of nitrogens with zero attached hydrogens (tertiary/aromatic N) is 1. The number of ether oxygens (including phenoxy) is 1. The highest BCUT2D eigenvalue weighted by atomic mass is 32.2. The number of nitrogens with two attached hydrogens (primary N) is 2. The summed E-state index contributed by atoms with van der Waals surface area (Å²) in [5.41, 5.74) is 12.2. The average molecular weight is 486 g/mol. The van der Waals surface area contributed by atoms with Crippen LogP contribution in [0.4, 0.5) is 4.79 Å². The maximum Gasteiger partial charge on any atom is 0.431 e. The Morgan fingerprint density at radius 3 is 2.09 bits per heavy atom. The van der Waals surface area contributed by atoms with E-state index in [0.717, 1.165) is 5.56 Å². The van der Waals surface area contributed by atoms with Crippen LogP contribution in [-0.4, -0.2) is 59.5 Å². The SMILES string of the molecule is Cc1ccc(S(=O)(=O)[C@](CCCNC(=N)N)(C(=O)O)N(NC(=N)N)C(=O)OC(C)(C)C)cc1. The fraction of sp³-hybridized carbons (Fsp3) is 0.474. The van der Waals surface area contributed by atoms with Crippen molar-refractivity contribution in [2.24, 2.45) is 11.5 Å². The van der Waals surface area contributed by atoms with Gasteiger partial charge in [-0.1, -0.05) is 17.7 Å². The number of carboxylic acids is 1. The topological polar surface area (TPSA) is 225 Å². The molecule has 0 saturated carbocycles. The number of amides is 1. The molecule has 0 aromatic heterocycles. The van der Waals surface area contributed by atoms with Crippen LogP contribution in [0.5, 0.6) is 0 Å². The zero-order chi connectivity index (χ0) is 25.6. The van der Waals surface area contributed by atoms with Gasteiger partial charge in [0.25, 0.3) is 4.87 Å². The van der Waals surface area contributed by atoms with E-state index in [1.807, 2.05) is 5.43 Å². The van der Waals surface area contributed by atoms with Crippen molar-refractivity contribution in [2.75, 3.05) is 6.54 Å². The second-order valence-electron chi connectivity index (χ2n) is 8.19. The maximum atomic E-state index is 13.8. The van der Waals surface area contributed by atoms with Gasteiger partial charge in [-0.05, 0) is 46.2 Å². The Morgan fingerprint density at radius 1 is 1.12 bits per heavy atom. The van der Waals surface area contributed by atoms with E-state index in [9.17, 15) is 23.1 Å². The first-order valence-electron chi connectivity index (χ1n) is 9.81. The highest BCUT2D eigenvalue weighted by molar-refractivity contribution is 7.93. The number of hydrazine groups is 1. The second kappa shape index (κ2) is 10.4. The van der Waals surface area contributed by atoms with Crippen molar-refractivity contribution in [1.29, 1.82) is 10.8 Å². The summed E-state index contributed by atoms with van der Waals surface area (Å²) in [5.74, 6) is -3.18. The summed E-state index contributed by atoms with van der Waals surface area (Å²) in [6, 6.07) is 5.40. The van der Waals surface area contributed by atoms with Crippen molar-refractivity contribution < 1.29 is 27.9 Å². The van der Waals surface area contributed by atoms with E-state index in [1.54, 1.807) is 6.92 Å². The predicted molar refractivity (Wildman–Crippen MR) is 121 cm³/mol. The third kappa shape index (κ3) is 6.71. The van der Waals surface area contributed by atoms with Crippen LogP contribution in [0.1, 0.15) is 39.2 Å². The molecule has 0 aliphatic heterocycles. The molecule has 0 aliphatic carbocycles. The Labute approximate surface area is 192 Å². The Balaban J connectivity index is 3.77. The van der Waals surface area contributed by atoms with E-state index in [2.05, 4.69) is 5.32 Å². The van der Waals surface area contributed by atoms with E-state index in [-0.39, 0.29) is 22.9 Å². The molecule has 0 unspecified atom stereocenters. The Kier molecular flexibility index (Phi) is 8.64. The normalized spacial score (nSPS) is 13.3. The first-order valence-corrected chi connectivity index (χ1v) is 11.3. The van der Waals surface area contributed by atoms with Crippen LogP contribution in [0.2, 0.25) is 0 Å². The predicted octanol–water partition coefficient (Wildman–Crippen LogP) is 0.448. The maximum absolute atomic E-state index is 13.8. The zero-order valence-corrected chi connectivity index (χ0v) is 19.7. The summed E-state index contributed by atoms with van der Waals surface area (Å²) in [5, 5.41) is 27.7. The quantitative estimate of drug-likeness (QED) is 0.116. The molecule has 0 fully saturated rings. The van der Waals surface area contributed by atoms with E-state index in [4.69, 9.17) is 27.0 Å². The molecular formula is C19H31N7O6S. The highest BCUT2D eigenvalue weighted by Gasteiger charge is 2.59. The lowest BCUT2D eigenvalue weighted by Crippen LogP contribution is -2.68. The molecule has 9 N–H and O–H groups in total. The van der Waals surface area contributed by atoms with Crippen molar-refractivity contribution in [2.45, 2.75) is 55.9 Å². The second-order valence-corrected chi connectivity index (χ2v) is 10.3. The monoisotopic (exact) mass is 485 g/mol. The van der Waals surface area contributed by atoms with Gasteiger partial charge >= 0.3 is 12.1 Å². The number of hydrogen-bond acceptors (Lipinski definition) is 7. The third-order valence-electron chi connectivity index (χ3n) is 4.29. The van der Waals surface area contributed by atoms with Crippen molar-refractivity contribution in [1.82, 2.24) is 15.8 Å². The van der Waals surface area contributed by atoms with Gasteiger partial charge in [0.15, 0.2) is 5.96 Å². The molecular weight excluding hydrogens is 454 g/mol. The van der Waals surface area contributed by atoms with Crippen LogP contribution in [0.25, 0.3) is 0 Å². The van der Waals surface area contributed by atoms with E-state index < -0.39 is 50.7 Å². The number of rotatable bonds is 8. The number of guanidine groups is 2. The van der Waals surface area contributed by atoms with Crippen molar-refractivity contribution >= 4 is 33.8 Å². The number of aryl methyl sites for hydroxylation is 1. The molecule has 33 heavy (non-hydrogen) atoms. The number of carboxylic acid groups (broad SMARTS) is 1. The summed E-state index contributed by atoms with van der Waals surface area (Å²) in [4.78, 5) is 22.3. The molecule has 0 heterocycles. The van der Waals surface area contributed by atoms with Crippen LogP contribution in [-0.2, 0) is 19.4 Å². The molecule has 0 spiro atoms. The largest absolute Gasteiger partial charge is 0.479 e. The molecule has 0 radical (unpaired) electrons. The minimum atomic E-state index is -4.83. The van der Waals surface area contributed by atoms with Crippen molar-refractivity contribution in [3.8, 4) is 0 Å². The van der Waals surface area contributed by atoms with E-state index >= 15 is 0 Å². The van der Waals surface area contributed by atoms with Gasteiger partial charge in [-0.3, -0.25) is 16.2 Å². The van der Waals surface area contributed by atoms with Gasteiger partial charge in [-0.25, -0.2) is 18.0 Å². The lowest BCUT2D eigenvalue weighted by Gasteiger charge is -2.40. The molecule has 1 aromatic carbocycles. The first-order chi connectivity index (χ1) is 15.0. The van der Waals surface area contributed by atoms with Crippen LogP contribution >= 0.6 is 0 Å². The molecule has 0 saturated heterocycles. The fourth-order valence-corrected chi connectivity index (χ4v) is 4.75. The highest BCUT2D eigenvalue weighted by Crippen LogP contribution is 2.34. The van der Waals surface area contributed by atoms with Crippen LogP contribution in [0, 0.1) is 17.7 Å².